The maximum Gasteiger partial charge on any atom is 0.251 e. The average Bonchev–Trinajstić information content (AvgIpc) is 3.22. The molecule has 1 amide bonds. The second kappa shape index (κ2) is 10.9. The Bertz CT molecular complexity index is 1330. The van der Waals surface area contributed by atoms with Gasteiger partial charge in [-0.15, -0.1) is 10.2 Å². The number of hydrogen-bond donors (Lipinski definition) is 1. The molecule has 1 unspecified atom stereocenters. The third-order valence-electron chi connectivity index (χ3n) is 4.91. The highest BCUT2D eigenvalue weighted by molar-refractivity contribution is 9.10. The molecule has 1 heterocycles. The average molecular weight is 580 g/mol. The molecule has 4 rings (SSSR count). The molecule has 0 fully saturated rings. The number of nitrogens with zero attached hydrogens (tertiary/aromatic N) is 3. The van der Waals surface area contributed by atoms with Crippen LogP contribution >= 0.6 is 50.9 Å². The van der Waals surface area contributed by atoms with Crippen molar-refractivity contribution in [1.29, 1.82) is 0 Å². The van der Waals surface area contributed by atoms with Crippen LogP contribution in [0.3, 0.4) is 0 Å². The Morgan fingerprint density at radius 3 is 2.59 bits per heavy atom. The van der Waals surface area contributed by atoms with Crippen LogP contribution in [0.2, 0.25) is 10.0 Å². The molecule has 174 valence electrons. The predicted octanol–water partition coefficient (Wildman–Crippen LogP) is 7.26. The van der Waals surface area contributed by atoms with Crippen LogP contribution in [0.15, 0.2) is 76.4 Å². The van der Waals surface area contributed by atoms with Gasteiger partial charge in [0.2, 0.25) is 0 Å². The van der Waals surface area contributed by atoms with E-state index in [-0.39, 0.29) is 11.7 Å². The van der Waals surface area contributed by atoms with Crippen molar-refractivity contribution < 1.29 is 9.18 Å². The van der Waals surface area contributed by atoms with E-state index in [0.29, 0.717) is 38.0 Å². The van der Waals surface area contributed by atoms with E-state index in [9.17, 15) is 9.18 Å². The number of aromatic nitrogens is 3. The van der Waals surface area contributed by atoms with Crippen molar-refractivity contribution in [3.8, 4) is 5.69 Å². The molecular weight excluding hydrogens is 562 g/mol. The van der Waals surface area contributed by atoms with E-state index in [0.717, 1.165) is 10.0 Å². The van der Waals surface area contributed by atoms with Gasteiger partial charge in [0.25, 0.3) is 5.91 Å². The zero-order valence-corrected chi connectivity index (χ0v) is 21.7. The Balaban J connectivity index is 1.65. The molecule has 1 atom stereocenters. The van der Waals surface area contributed by atoms with Crippen molar-refractivity contribution in [3.63, 3.8) is 0 Å². The van der Waals surface area contributed by atoms with E-state index >= 15 is 0 Å². The molecule has 1 N–H and O–H groups in total. The third kappa shape index (κ3) is 5.81. The Kier molecular flexibility index (Phi) is 7.93. The van der Waals surface area contributed by atoms with E-state index in [2.05, 4.69) is 31.4 Å². The molecule has 0 bridgehead atoms. The molecule has 4 aromatic rings. The summed E-state index contributed by atoms with van der Waals surface area (Å²) in [5.74, 6) is 0.519. The van der Waals surface area contributed by atoms with Crippen LogP contribution in [0, 0.1) is 5.82 Å². The first-order valence-electron chi connectivity index (χ1n) is 10.2. The summed E-state index contributed by atoms with van der Waals surface area (Å²) < 4.78 is 15.9. The molecule has 3 aromatic carbocycles. The Labute approximate surface area is 218 Å². The predicted molar refractivity (Wildman–Crippen MR) is 137 cm³/mol. The van der Waals surface area contributed by atoms with Crippen LogP contribution < -0.4 is 5.32 Å². The monoisotopic (exact) mass is 578 g/mol. The standard InChI is InChI=1S/C24H18BrCl2FN4OS/c1-14(29-23(33)16-3-2-4-17(25)11-16)22-30-31-24(34-13-15-5-8-19(28)9-6-15)32(22)21-10-7-18(26)12-20(21)27/h2-12,14H,13H2,1H3,(H,29,33). The summed E-state index contributed by atoms with van der Waals surface area (Å²) in [6.45, 7) is 1.83. The lowest BCUT2D eigenvalue weighted by Gasteiger charge is -2.17. The molecule has 0 aliphatic carbocycles. The lowest BCUT2D eigenvalue weighted by molar-refractivity contribution is 0.0938. The second-order valence-corrected chi connectivity index (χ2v) is 10.1. The molecule has 0 radical (unpaired) electrons. The highest BCUT2D eigenvalue weighted by atomic mass is 79.9. The van der Waals surface area contributed by atoms with Gasteiger partial charge in [-0.3, -0.25) is 9.36 Å². The fourth-order valence-corrected chi connectivity index (χ4v) is 5.05. The Morgan fingerprint density at radius 1 is 1.12 bits per heavy atom. The number of nitrogens with one attached hydrogen (secondary N) is 1. The summed E-state index contributed by atoms with van der Waals surface area (Å²) >= 11 is 17.4. The lowest BCUT2D eigenvalue weighted by Crippen LogP contribution is -2.28. The first kappa shape index (κ1) is 24.7. The normalized spacial score (nSPS) is 11.9. The van der Waals surface area contributed by atoms with Gasteiger partial charge in [-0.1, -0.05) is 69.1 Å². The van der Waals surface area contributed by atoms with Gasteiger partial charge in [-0.05, 0) is 61.0 Å². The van der Waals surface area contributed by atoms with Crippen LogP contribution in [0.5, 0.6) is 0 Å². The summed E-state index contributed by atoms with van der Waals surface area (Å²) in [6.07, 6.45) is 0. The van der Waals surface area contributed by atoms with E-state index in [4.69, 9.17) is 23.2 Å². The molecule has 0 saturated carbocycles. The fourth-order valence-electron chi connectivity index (χ4n) is 3.25. The van der Waals surface area contributed by atoms with Crippen molar-refractivity contribution in [3.05, 3.63) is 104 Å². The van der Waals surface area contributed by atoms with Crippen molar-refractivity contribution >= 4 is 56.8 Å². The SMILES string of the molecule is CC(NC(=O)c1cccc(Br)c1)c1nnc(SCc2ccc(F)cc2)n1-c1ccc(Cl)cc1Cl. The zero-order chi connectivity index (χ0) is 24.2. The fraction of sp³-hybridized carbons (Fsp3) is 0.125. The van der Waals surface area contributed by atoms with Gasteiger partial charge >= 0.3 is 0 Å². The second-order valence-electron chi connectivity index (χ2n) is 7.39. The van der Waals surface area contributed by atoms with E-state index in [1.165, 1.54) is 23.9 Å². The number of thioether (sulfide) groups is 1. The third-order valence-corrected chi connectivity index (χ3v) is 6.94. The van der Waals surface area contributed by atoms with Crippen LogP contribution in [0.25, 0.3) is 5.69 Å². The van der Waals surface area contributed by atoms with Gasteiger partial charge in [-0.25, -0.2) is 4.39 Å². The highest BCUT2D eigenvalue weighted by Crippen LogP contribution is 2.32. The molecule has 10 heteroatoms. The van der Waals surface area contributed by atoms with E-state index < -0.39 is 6.04 Å². The van der Waals surface area contributed by atoms with Gasteiger partial charge in [0.15, 0.2) is 11.0 Å². The molecule has 5 nitrogen and oxygen atoms in total. The maximum absolute atomic E-state index is 13.3. The quantitative estimate of drug-likeness (QED) is 0.234. The highest BCUT2D eigenvalue weighted by Gasteiger charge is 2.23. The van der Waals surface area contributed by atoms with Gasteiger partial charge < -0.3 is 5.32 Å². The number of benzene rings is 3. The first-order valence-corrected chi connectivity index (χ1v) is 12.7. The largest absolute Gasteiger partial charge is 0.342 e. The maximum atomic E-state index is 13.3. The summed E-state index contributed by atoms with van der Waals surface area (Å²) in [5.41, 5.74) is 2.08. The van der Waals surface area contributed by atoms with Gasteiger partial charge in [0, 0.05) is 20.8 Å². The Morgan fingerprint density at radius 2 is 1.88 bits per heavy atom. The summed E-state index contributed by atoms with van der Waals surface area (Å²) in [5, 5.41) is 13.2. The van der Waals surface area contributed by atoms with Crippen molar-refractivity contribution in [2.75, 3.05) is 0 Å². The number of hydrogen-bond acceptors (Lipinski definition) is 4. The lowest BCUT2D eigenvalue weighted by atomic mass is 10.2. The van der Waals surface area contributed by atoms with Crippen LogP contribution in [-0.2, 0) is 5.75 Å². The van der Waals surface area contributed by atoms with E-state index in [1.54, 1.807) is 53.1 Å². The molecule has 0 spiro atoms. The minimum absolute atomic E-state index is 0.244. The molecule has 0 saturated heterocycles. The van der Waals surface area contributed by atoms with Crippen LogP contribution in [0.4, 0.5) is 4.39 Å². The number of halogens is 4. The van der Waals surface area contributed by atoms with Crippen LogP contribution in [-0.4, -0.2) is 20.7 Å². The summed E-state index contributed by atoms with van der Waals surface area (Å²) in [6, 6.07) is 18.1. The number of amides is 1. The van der Waals surface area contributed by atoms with Gasteiger partial charge in [0.05, 0.1) is 16.8 Å². The molecule has 34 heavy (non-hydrogen) atoms. The number of carbonyl (C=O) groups is 1. The van der Waals surface area contributed by atoms with E-state index in [1.807, 2.05) is 13.0 Å². The molecule has 0 aliphatic rings. The first-order chi connectivity index (χ1) is 16.3. The molecule has 1 aromatic heterocycles. The van der Waals surface area contributed by atoms with Crippen molar-refractivity contribution in [2.45, 2.75) is 23.9 Å². The van der Waals surface area contributed by atoms with Crippen molar-refractivity contribution in [2.24, 2.45) is 0 Å². The van der Waals surface area contributed by atoms with Gasteiger partial charge in [0.1, 0.15) is 5.82 Å². The topological polar surface area (TPSA) is 59.8 Å². The smallest absolute Gasteiger partial charge is 0.251 e. The summed E-state index contributed by atoms with van der Waals surface area (Å²) in [7, 11) is 0. The minimum Gasteiger partial charge on any atom is -0.342 e. The van der Waals surface area contributed by atoms with Gasteiger partial charge in [-0.2, -0.15) is 0 Å². The Hall–Kier alpha value is -2.39. The minimum atomic E-state index is -0.481. The van der Waals surface area contributed by atoms with Crippen molar-refractivity contribution in [1.82, 2.24) is 20.1 Å². The summed E-state index contributed by atoms with van der Waals surface area (Å²) in [4.78, 5) is 12.8. The molecular formula is C24H18BrCl2FN4OS. The van der Waals surface area contributed by atoms with Crippen LogP contribution in [0.1, 0.15) is 34.7 Å². The number of carbonyl (C=O) groups excluding carboxylic acids is 1. The molecule has 0 aliphatic heterocycles. The zero-order valence-electron chi connectivity index (χ0n) is 17.8. The number of rotatable bonds is 7.